The maximum Gasteiger partial charge on any atom is 0.341 e. The second-order valence-corrected chi connectivity index (χ2v) is 13.9. The zero-order valence-electron chi connectivity index (χ0n) is 26.1. The van der Waals surface area contributed by atoms with Crippen LogP contribution in [0.2, 0.25) is 0 Å². The molecule has 2 saturated carbocycles. The van der Waals surface area contributed by atoms with E-state index in [1.165, 1.54) is 0 Å². The normalized spacial score (nSPS) is 43.2. The standard InChI is InChI=1S/C32H41NO12/c1-14(2)16(11-34)12-42-23-25-31-13-43-32(25,29(40)41-5)26(37)21(36)24(31)30(4)10-19(35)22(45-27(38)18-7-6-8-33-18)15(3)17(30)9-20(31)44-28(23)39/h11,17-18,20-21,23-26,33,36-37H,6-10,12-13H2,1-5H3/t17-,18-,20+,21+,23+,24?,25+,26-,30-,31+,32-/m0/s1. The first-order chi connectivity index (χ1) is 21.3. The van der Waals surface area contributed by atoms with Gasteiger partial charge >= 0.3 is 17.9 Å². The van der Waals surface area contributed by atoms with Gasteiger partial charge in [0.2, 0.25) is 0 Å². The summed E-state index contributed by atoms with van der Waals surface area (Å²) in [6.07, 6.45) is -3.75. The Morgan fingerprint density at radius 1 is 1.18 bits per heavy atom. The average molecular weight is 632 g/mol. The number of nitrogens with one attached hydrogen (secondary N) is 1. The van der Waals surface area contributed by atoms with Gasteiger partial charge in [0.15, 0.2) is 23.2 Å². The van der Waals surface area contributed by atoms with E-state index in [4.69, 9.17) is 23.7 Å². The van der Waals surface area contributed by atoms with Crippen LogP contribution in [0.5, 0.6) is 0 Å². The van der Waals surface area contributed by atoms with Gasteiger partial charge in [0.05, 0.1) is 32.3 Å². The summed E-state index contributed by atoms with van der Waals surface area (Å²) in [5, 5.41) is 26.8. The minimum Gasteiger partial charge on any atom is -0.467 e. The summed E-state index contributed by atoms with van der Waals surface area (Å²) in [6.45, 7) is 7.18. The van der Waals surface area contributed by atoms with Crippen LogP contribution in [-0.4, -0.2) is 103 Å². The van der Waals surface area contributed by atoms with Gasteiger partial charge in [0.25, 0.3) is 0 Å². The lowest BCUT2D eigenvalue weighted by atomic mass is 9.38. The van der Waals surface area contributed by atoms with Gasteiger partial charge in [-0.05, 0) is 63.5 Å². The zero-order valence-corrected chi connectivity index (χ0v) is 26.1. The SMILES string of the molecule is COC(=O)[C@@]12OC[C@]34C([C@@H](O)[C@@H]1O)[C@@]1(C)CC(=O)C(OC(=O)[C@@H]5CCCN5)=C(C)[C@@H]1C[C@H]3OC(=O)[C@H](OCC(C=O)=C(C)C)[C@@H]24. The van der Waals surface area contributed by atoms with Crippen molar-refractivity contribution in [3.05, 3.63) is 22.5 Å². The number of fused-ring (bicyclic) bond motifs is 2. The zero-order chi connectivity index (χ0) is 32.6. The fourth-order valence-corrected chi connectivity index (χ4v) is 9.56. The molecule has 0 aromatic carbocycles. The van der Waals surface area contributed by atoms with Gasteiger partial charge in [-0.1, -0.05) is 12.5 Å². The van der Waals surface area contributed by atoms with E-state index in [1.54, 1.807) is 20.8 Å². The number of Topliss-reactive ketones (excluding diaryl/α,β-unsaturated/α-hetero) is 1. The van der Waals surface area contributed by atoms with Crippen molar-refractivity contribution in [2.75, 3.05) is 26.9 Å². The molecule has 246 valence electrons. The number of hydrogen-bond donors (Lipinski definition) is 3. The van der Waals surface area contributed by atoms with E-state index in [2.05, 4.69) is 5.32 Å². The minimum atomic E-state index is -2.18. The van der Waals surface area contributed by atoms with Gasteiger partial charge in [0.1, 0.15) is 24.5 Å². The smallest absolute Gasteiger partial charge is 0.341 e. The molecule has 1 spiro atoms. The van der Waals surface area contributed by atoms with Crippen molar-refractivity contribution in [2.45, 2.75) is 89.4 Å². The van der Waals surface area contributed by atoms with E-state index >= 15 is 0 Å². The van der Waals surface area contributed by atoms with Gasteiger partial charge in [-0.25, -0.2) is 14.4 Å². The number of esters is 3. The molecular weight excluding hydrogens is 590 g/mol. The number of rotatable bonds is 7. The van der Waals surface area contributed by atoms with Gasteiger partial charge in [-0.15, -0.1) is 0 Å². The van der Waals surface area contributed by atoms with Crippen LogP contribution >= 0.6 is 0 Å². The lowest BCUT2D eigenvalue weighted by molar-refractivity contribution is -0.292. The molecule has 3 saturated heterocycles. The molecule has 1 unspecified atom stereocenters. The number of carbonyl (C=O) groups is 5. The van der Waals surface area contributed by atoms with E-state index in [-0.39, 0.29) is 31.8 Å². The number of methoxy groups -OCH3 is 1. The maximum absolute atomic E-state index is 13.8. The first-order valence-electron chi connectivity index (χ1n) is 15.5. The summed E-state index contributed by atoms with van der Waals surface area (Å²) < 4.78 is 29.1. The fraction of sp³-hybridized carbons (Fsp3) is 0.719. The summed E-state index contributed by atoms with van der Waals surface area (Å²) in [5.41, 5.74) is -3.03. The molecule has 13 nitrogen and oxygen atoms in total. The van der Waals surface area contributed by atoms with E-state index < -0.39 is 88.3 Å². The molecule has 6 aliphatic rings. The molecule has 3 N–H and O–H groups in total. The number of aldehydes is 1. The second kappa shape index (κ2) is 11.1. The summed E-state index contributed by atoms with van der Waals surface area (Å²) >= 11 is 0. The Balaban J connectivity index is 1.46. The number of ether oxygens (including phenoxy) is 5. The second-order valence-electron chi connectivity index (χ2n) is 13.9. The van der Waals surface area contributed by atoms with Crippen molar-refractivity contribution in [1.29, 1.82) is 0 Å². The van der Waals surface area contributed by atoms with Gasteiger partial charge in [-0.3, -0.25) is 9.59 Å². The van der Waals surface area contributed by atoms with Gasteiger partial charge in [0, 0.05) is 23.3 Å². The summed E-state index contributed by atoms with van der Waals surface area (Å²) in [5.74, 6) is -5.40. The summed E-state index contributed by atoms with van der Waals surface area (Å²) in [7, 11) is 1.12. The molecule has 0 radical (unpaired) electrons. The van der Waals surface area contributed by atoms with Crippen LogP contribution in [0.25, 0.3) is 0 Å². The molecule has 3 aliphatic heterocycles. The van der Waals surface area contributed by atoms with Crippen LogP contribution in [0.3, 0.4) is 0 Å². The molecule has 3 heterocycles. The lowest BCUT2D eigenvalue weighted by Gasteiger charge is -2.67. The number of hydrogen-bond acceptors (Lipinski definition) is 13. The number of aliphatic hydroxyl groups excluding tert-OH is 2. The Bertz CT molecular complexity index is 1390. The highest BCUT2D eigenvalue weighted by Gasteiger charge is 2.84. The quantitative estimate of drug-likeness (QED) is 0.151. The lowest BCUT2D eigenvalue weighted by Crippen LogP contribution is -2.79. The van der Waals surface area contributed by atoms with E-state index in [0.717, 1.165) is 13.5 Å². The van der Waals surface area contributed by atoms with Crippen molar-refractivity contribution in [2.24, 2.45) is 28.6 Å². The molecule has 0 aromatic heterocycles. The molecular formula is C32H41NO12. The Kier molecular flexibility index (Phi) is 7.88. The topological polar surface area (TPSA) is 184 Å². The highest BCUT2D eigenvalue weighted by Crippen LogP contribution is 2.72. The third kappa shape index (κ3) is 4.27. The monoisotopic (exact) mass is 631 g/mol. The van der Waals surface area contributed by atoms with E-state index in [1.807, 2.05) is 6.92 Å². The van der Waals surface area contributed by atoms with Crippen molar-refractivity contribution < 1.29 is 57.9 Å². The maximum atomic E-state index is 13.8. The third-order valence-corrected chi connectivity index (χ3v) is 11.6. The molecule has 13 heteroatoms. The van der Waals surface area contributed by atoms with Crippen LogP contribution in [0, 0.1) is 28.6 Å². The van der Waals surface area contributed by atoms with Crippen LogP contribution < -0.4 is 5.32 Å². The molecule has 45 heavy (non-hydrogen) atoms. The highest BCUT2D eigenvalue weighted by atomic mass is 16.6. The average Bonchev–Trinajstić information content (AvgIpc) is 3.64. The largest absolute Gasteiger partial charge is 0.467 e. The number of carbonyl (C=O) groups excluding carboxylic acids is 5. The summed E-state index contributed by atoms with van der Waals surface area (Å²) in [6, 6.07) is -0.513. The first-order valence-corrected chi connectivity index (χ1v) is 15.5. The number of allylic oxidation sites excluding steroid dienone is 3. The number of aliphatic hydroxyl groups is 2. The van der Waals surface area contributed by atoms with E-state index in [0.29, 0.717) is 36.0 Å². The summed E-state index contributed by atoms with van der Waals surface area (Å²) in [4.78, 5) is 65.7. The van der Waals surface area contributed by atoms with Gasteiger partial charge in [-0.2, -0.15) is 0 Å². The predicted molar refractivity (Wildman–Crippen MR) is 152 cm³/mol. The Morgan fingerprint density at radius 3 is 2.53 bits per heavy atom. The minimum absolute atomic E-state index is 0.0486. The van der Waals surface area contributed by atoms with Crippen LogP contribution in [0.15, 0.2) is 22.5 Å². The molecule has 2 bridgehead atoms. The molecule has 5 fully saturated rings. The third-order valence-electron chi connectivity index (χ3n) is 11.6. The van der Waals surface area contributed by atoms with Crippen molar-refractivity contribution in [1.82, 2.24) is 5.32 Å². The fourth-order valence-electron chi connectivity index (χ4n) is 9.56. The van der Waals surface area contributed by atoms with Crippen molar-refractivity contribution >= 4 is 30.0 Å². The molecule has 0 aromatic rings. The van der Waals surface area contributed by atoms with Crippen LogP contribution in [0.4, 0.5) is 0 Å². The van der Waals surface area contributed by atoms with Crippen LogP contribution in [0.1, 0.15) is 53.4 Å². The number of ketones is 1. The predicted octanol–water partition coefficient (Wildman–Crippen LogP) is 0.297. The molecule has 3 aliphatic carbocycles. The van der Waals surface area contributed by atoms with Gasteiger partial charge < -0.3 is 39.2 Å². The van der Waals surface area contributed by atoms with Crippen molar-refractivity contribution in [3.8, 4) is 0 Å². The molecule has 0 amide bonds. The Morgan fingerprint density at radius 2 is 1.91 bits per heavy atom. The first kappa shape index (κ1) is 32.0. The molecule has 11 atom stereocenters. The Hall–Kier alpha value is -2.97. The highest BCUT2D eigenvalue weighted by molar-refractivity contribution is 5.98. The van der Waals surface area contributed by atoms with Crippen molar-refractivity contribution in [3.63, 3.8) is 0 Å². The molecule has 6 rings (SSSR count). The van der Waals surface area contributed by atoms with E-state index in [9.17, 15) is 34.2 Å². The van der Waals surface area contributed by atoms with Crippen LogP contribution in [-0.2, 0) is 47.7 Å². The Labute approximate surface area is 260 Å².